The van der Waals surface area contributed by atoms with Crippen molar-refractivity contribution in [2.75, 3.05) is 5.43 Å². The Labute approximate surface area is 95.4 Å². The lowest BCUT2D eigenvalue weighted by Gasteiger charge is -2.12. The number of carbonyl (C=O) groups is 1. The molecule has 0 saturated heterocycles. The van der Waals surface area contributed by atoms with Crippen molar-refractivity contribution in [1.29, 1.82) is 0 Å². The zero-order chi connectivity index (χ0) is 12.0. The van der Waals surface area contributed by atoms with Gasteiger partial charge in [-0.05, 0) is 25.5 Å². The highest BCUT2D eigenvalue weighted by molar-refractivity contribution is 5.93. The number of aromatic nitrogens is 1. The van der Waals surface area contributed by atoms with Crippen molar-refractivity contribution >= 4 is 11.6 Å². The summed E-state index contributed by atoms with van der Waals surface area (Å²) in [6.07, 6.45) is 3.55. The molecule has 0 saturated carbocycles. The van der Waals surface area contributed by atoms with E-state index >= 15 is 0 Å². The van der Waals surface area contributed by atoms with Crippen LogP contribution in [0.25, 0.3) is 0 Å². The molecule has 1 heterocycles. The fourth-order valence-electron chi connectivity index (χ4n) is 1.45. The van der Waals surface area contributed by atoms with E-state index in [-0.39, 0.29) is 11.9 Å². The van der Waals surface area contributed by atoms with Crippen LogP contribution in [0.5, 0.6) is 0 Å². The molecule has 4 N–H and O–H groups in total. The van der Waals surface area contributed by atoms with Gasteiger partial charge in [-0.3, -0.25) is 15.6 Å². The van der Waals surface area contributed by atoms with Crippen LogP contribution in [0.3, 0.4) is 0 Å². The first-order valence-corrected chi connectivity index (χ1v) is 5.41. The summed E-state index contributed by atoms with van der Waals surface area (Å²) in [5.74, 6) is 5.09. The molecule has 0 radical (unpaired) electrons. The van der Waals surface area contributed by atoms with Gasteiger partial charge in [-0.2, -0.15) is 0 Å². The molecular weight excluding hydrogens is 204 g/mol. The van der Waals surface area contributed by atoms with Gasteiger partial charge in [0, 0.05) is 12.2 Å². The number of hydrogen-bond acceptors (Lipinski definition) is 4. The van der Waals surface area contributed by atoms with Gasteiger partial charge in [-0.1, -0.05) is 13.3 Å². The number of rotatable bonds is 5. The maximum atomic E-state index is 11.8. The average molecular weight is 222 g/mol. The van der Waals surface area contributed by atoms with Gasteiger partial charge in [-0.25, -0.2) is 0 Å². The van der Waals surface area contributed by atoms with Gasteiger partial charge >= 0.3 is 0 Å². The fraction of sp³-hybridized carbons (Fsp3) is 0.455. The molecule has 1 unspecified atom stereocenters. The van der Waals surface area contributed by atoms with Gasteiger partial charge in [0.2, 0.25) is 0 Å². The molecule has 0 aromatic carbocycles. The molecule has 1 aromatic heterocycles. The number of hydrogen-bond donors (Lipinski definition) is 3. The van der Waals surface area contributed by atoms with Gasteiger partial charge in [0.15, 0.2) is 0 Å². The Balaban J connectivity index is 2.65. The molecule has 1 aromatic rings. The van der Waals surface area contributed by atoms with Crippen molar-refractivity contribution in [3.63, 3.8) is 0 Å². The van der Waals surface area contributed by atoms with Crippen LogP contribution in [0, 0.1) is 0 Å². The molecule has 0 aliphatic rings. The van der Waals surface area contributed by atoms with Crippen LogP contribution in [0.15, 0.2) is 18.3 Å². The Morgan fingerprint density at radius 1 is 1.62 bits per heavy atom. The SMILES string of the molecule is CCCC(C)NC(=O)c1cc(NN)ccn1. The standard InChI is InChI=1S/C11H18N4O/c1-3-4-8(2)14-11(16)10-7-9(15-12)5-6-13-10/h5-8H,3-4,12H2,1-2H3,(H,13,15)(H,14,16). The van der Waals surface area contributed by atoms with E-state index in [9.17, 15) is 4.79 Å². The van der Waals surface area contributed by atoms with Crippen molar-refractivity contribution in [2.24, 2.45) is 5.84 Å². The molecular formula is C11H18N4O. The molecule has 5 heteroatoms. The smallest absolute Gasteiger partial charge is 0.270 e. The summed E-state index contributed by atoms with van der Waals surface area (Å²) in [7, 11) is 0. The highest BCUT2D eigenvalue weighted by Crippen LogP contribution is 2.06. The Morgan fingerprint density at radius 3 is 3.00 bits per heavy atom. The van der Waals surface area contributed by atoms with Crippen molar-refractivity contribution in [2.45, 2.75) is 32.7 Å². The monoisotopic (exact) mass is 222 g/mol. The third kappa shape index (κ3) is 3.51. The minimum atomic E-state index is -0.168. The quantitative estimate of drug-likeness (QED) is 0.518. The van der Waals surface area contributed by atoms with Gasteiger partial charge in [0.1, 0.15) is 5.69 Å². The summed E-state index contributed by atoms with van der Waals surface area (Å²) >= 11 is 0. The Kier molecular flexibility index (Phi) is 4.72. The van der Waals surface area contributed by atoms with E-state index in [0.29, 0.717) is 11.4 Å². The van der Waals surface area contributed by atoms with Crippen molar-refractivity contribution in [3.05, 3.63) is 24.0 Å². The molecule has 16 heavy (non-hydrogen) atoms. The van der Waals surface area contributed by atoms with Crippen LogP contribution in [0.1, 0.15) is 37.2 Å². The predicted molar refractivity (Wildman–Crippen MR) is 63.9 cm³/mol. The normalized spacial score (nSPS) is 11.9. The molecule has 1 amide bonds. The van der Waals surface area contributed by atoms with Crippen molar-refractivity contribution in [1.82, 2.24) is 10.3 Å². The maximum absolute atomic E-state index is 11.8. The summed E-state index contributed by atoms with van der Waals surface area (Å²) in [6, 6.07) is 3.48. The van der Waals surface area contributed by atoms with Crippen molar-refractivity contribution in [3.8, 4) is 0 Å². The second-order valence-corrected chi connectivity index (χ2v) is 3.74. The van der Waals surface area contributed by atoms with Crippen LogP contribution in [0.2, 0.25) is 0 Å². The topological polar surface area (TPSA) is 80.0 Å². The first-order chi connectivity index (χ1) is 7.67. The Hall–Kier alpha value is -1.62. The van der Waals surface area contributed by atoms with Crippen LogP contribution in [-0.2, 0) is 0 Å². The molecule has 88 valence electrons. The number of nitrogens with one attached hydrogen (secondary N) is 2. The van der Waals surface area contributed by atoms with Crippen LogP contribution < -0.4 is 16.6 Å². The van der Waals surface area contributed by atoms with E-state index in [1.165, 1.54) is 0 Å². The van der Waals surface area contributed by atoms with E-state index in [0.717, 1.165) is 12.8 Å². The number of nitrogens with two attached hydrogens (primary N) is 1. The number of anilines is 1. The van der Waals surface area contributed by atoms with E-state index < -0.39 is 0 Å². The number of pyridine rings is 1. The summed E-state index contributed by atoms with van der Waals surface area (Å²) in [4.78, 5) is 15.7. The lowest BCUT2D eigenvalue weighted by molar-refractivity contribution is 0.0933. The van der Waals surface area contributed by atoms with Crippen molar-refractivity contribution < 1.29 is 4.79 Å². The predicted octanol–water partition coefficient (Wildman–Crippen LogP) is 1.29. The lowest BCUT2D eigenvalue weighted by Crippen LogP contribution is -2.33. The van der Waals surface area contributed by atoms with Gasteiger partial charge < -0.3 is 10.7 Å². The minimum absolute atomic E-state index is 0.161. The summed E-state index contributed by atoms with van der Waals surface area (Å²) < 4.78 is 0. The van der Waals surface area contributed by atoms with Crippen LogP contribution >= 0.6 is 0 Å². The number of hydrazine groups is 1. The summed E-state index contributed by atoms with van der Waals surface area (Å²) in [5, 5.41) is 2.88. The number of nitrogen functional groups attached to an aromatic ring is 1. The molecule has 1 atom stereocenters. The molecule has 0 bridgehead atoms. The van der Waals surface area contributed by atoms with E-state index in [2.05, 4.69) is 22.7 Å². The maximum Gasteiger partial charge on any atom is 0.270 e. The average Bonchev–Trinajstić information content (AvgIpc) is 2.29. The second kappa shape index (κ2) is 6.07. The highest BCUT2D eigenvalue weighted by Gasteiger charge is 2.10. The molecule has 0 aliphatic heterocycles. The Bertz CT molecular complexity index is 354. The third-order valence-electron chi connectivity index (χ3n) is 2.26. The van der Waals surface area contributed by atoms with E-state index in [1.807, 2.05) is 6.92 Å². The fourth-order valence-corrected chi connectivity index (χ4v) is 1.45. The van der Waals surface area contributed by atoms with Gasteiger partial charge in [-0.15, -0.1) is 0 Å². The Morgan fingerprint density at radius 2 is 2.38 bits per heavy atom. The van der Waals surface area contributed by atoms with Gasteiger partial charge in [0.25, 0.3) is 5.91 Å². The molecule has 5 nitrogen and oxygen atoms in total. The first kappa shape index (κ1) is 12.4. The lowest BCUT2D eigenvalue weighted by atomic mass is 10.2. The zero-order valence-electron chi connectivity index (χ0n) is 9.66. The molecule has 0 fully saturated rings. The van der Waals surface area contributed by atoms with Crippen LogP contribution in [0.4, 0.5) is 5.69 Å². The second-order valence-electron chi connectivity index (χ2n) is 3.74. The summed E-state index contributed by atoms with van der Waals surface area (Å²) in [6.45, 7) is 4.06. The third-order valence-corrected chi connectivity index (χ3v) is 2.26. The largest absolute Gasteiger partial charge is 0.348 e. The number of nitrogens with zero attached hydrogens (tertiary/aromatic N) is 1. The first-order valence-electron chi connectivity index (χ1n) is 5.41. The molecule has 0 aliphatic carbocycles. The zero-order valence-corrected chi connectivity index (χ0v) is 9.66. The minimum Gasteiger partial charge on any atom is -0.348 e. The van der Waals surface area contributed by atoms with E-state index in [4.69, 9.17) is 5.84 Å². The van der Waals surface area contributed by atoms with E-state index in [1.54, 1.807) is 18.3 Å². The summed E-state index contributed by atoms with van der Waals surface area (Å²) in [5.41, 5.74) is 3.52. The number of amides is 1. The highest BCUT2D eigenvalue weighted by atomic mass is 16.1. The number of carbonyl (C=O) groups excluding carboxylic acids is 1. The van der Waals surface area contributed by atoms with Gasteiger partial charge in [0.05, 0.1) is 5.69 Å². The van der Waals surface area contributed by atoms with Crippen LogP contribution in [-0.4, -0.2) is 16.9 Å². The molecule has 1 rings (SSSR count). The molecule has 0 spiro atoms.